The maximum absolute atomic E-state index is 13.5. The van der Waals surface area contributed by atoms with Crippen molar-refractivity contribution in [1.29, 1.82) is 0 Å². The van der Waals surface area contributed by atoms with Crippen molar-refractivity contribution in [2.45, 2.75) is 46.4 Å². The number of nitrogens with one attached hydrogen (secondary N) is 1. The lowest BCUT2D eigenvalue weighted by Crippen LogP contribution is -2.37. The minimum absolute atomic E-state index is 0.0400. The first-order valence-electron chi connectivity index (χ1n) is 13.0. The molecule has 1 amide bonds. The molecule has 3 aromatic heterocycles. The summed E-state index contributed by atoms with van der Waals surface area (Å²) in [7, 11) is 0. The van der Waals surface area contributed by atoms with Gasteiger partial charge < -0.3 is 25.2 Å². The first kappa shape index (κ1) is 26.4. The molecule has 0 spiro atoms. The number of hydrogen-bond acceptors (Lipinski definition) is 7. The Hall–Kier alpha value is -4.21. The normalized spacial score (nSPS) is 15.8. The number of aliphatic hydroxyl groups is 2. The monoisotopic (exact) mass is 527 g/mol. The van der Waals surface area contributed by atoms with Gasteiger partial charge in [-0.25, -0.2) is 4.98 Å². The van der Waals surface area contributed by atoms with Gasteiger partial charge in [-0.3, -0.25) is 14.2 Å². The van der Waals surface area contributed by atoms with Crippen LogP contribution in [0.2, 0.25) is 0 Å². The Labute approximate surface area is 227 Å². The van der Waals surface area contributed by atoms with Crippen molar-refractivity contribution in [3.63, 3.8) is 0 Å². The third-order valence-electron chi connectivity index (χ3n) is 7.31. The highest BCUT2D eigenvalue weighted by atomic mass is 16.5. The number of aromatic nitrogens is 3. The number of amides is 1. The van der Waals surface area contributed by atoms with Crippen molar-refractivity contribution in [3.05, 3.63) is 89.1 Å². The van der Waals surface area contributed by atoms with Gasteiger partial charge in [0.05, 0.1) is 30.7 Å². The molecule has 202 valence electrons. The number of fused-ring (bicyclic) bond motifs is 2. The number of pyridine rings is 2. The number of hydrogen-bond donors (Lipinski definition) is 3. The summed E-state index contributed by atoms with van der Waals surface area (Å²) in [5.74, 6) is 0.203. The molecule has 0 saturated carbocycles. The van der Waals surface area contributed by atoms with Gasteiger partial charge in [0.25, 0.3) is 5.91 Å². The number of ether oxygens (including phenoxy) is 1. The van der Waals surface area contributed by atoms with Crippen LogP contribution in [0.4, 0.5) is 11.4 Å². The molecule has 4 heterocycles. The Bertz CT molecular complexity index is 1560. The first-order chi connectivity index (χ1) is 18.8. The maximum Gasteiger partial charge on any atom is 0.274 e. The van der Waals surface area contributed by atoms with E-state index in [1.807, 2.05) is 37.3 Å². The fraction of sp³-hybridized carbons (Fsp3) is 0.300. The lowest BCUT2D eigenvalue weighted by atomic mass is 9.89. The highest BCUT2D eigenvalue weighted by Gasteiger charge is 2.29. The van der Waals surface area contributed by atoms with Crippen LogP contribution in [0.25, 0.3) is 11.2 Å². The van der Waals surface area contributed by atoms with Crippen LogP contribution < -0.4 is 15.0 Å². The number of imidazole rings is 1. The van der Waals surface area contributed by atoms with Crippen molar-refractivity contribution in [2.75, 3.05) is 23.4 Å². The van der Waals surface area contributed by atoms with Crippen LogP contribution in [0.5, 0.6) is 5.75 Å². The predicted molar refractivity (Wildman–Crippen MR) is 151 cm³/mol. The summed E-state index contributed by atoms with van der Waals surface area (Å²) in [4.78, 5) is 24.9. The zero-order chi connectivity index (χ0) is 27.7. The van der Waals surface area contributed by atoms with Crippen LogP contribution in [-0.2, 0) is 6.54 Å². The molecule has 0 fully saturated rings. The van der Waals surface area contributed by atoms with Crippen LogP contribution in [0.3, 0.4) is 0 Å². The molecule has 2 unspecified atom stereocenters. The molecule has 0 saturated heterocycles. The van der Waals surface area contributed by atoms with Gasteiger partial charge in [-0.1, -0.05) is 12.1 Å². The molecule has 1 aliphatic heterocycles. The van der Waals surface area contributed by atoms with Crippen molar-refractivity contribution in [3.8, 4) is 5.75 Å². The highest BCUT2D eigenvalue weighted by Crippen LogP contribution is 2.42. The molecule has 4 aromatic rings. The molecule has 39 heavy (non-hydrogen) atoms. The van der Waals surface area contributed by atoms with Crippen molar-refractivity contribution >= 4 is 28.5 Å². The van der Waals surface area contributed by atoms with Crippen LogP contribution in [0.1, 0.15) is 48.2 Å². The number of aryl methyl sites for hydroxylation is 1. The molecule has 2 atom stereocenters. The van der Waals surface area contributed by atoms with Gasteiger partial charge in [-0.05, 0) is 69.2 Å². The number of carbonyl (C=O) groups is 1. The summed E-state index contributed by atoms with van der Waals surface area (Å²) in [5.41, 5.74) is 8.06. The number of aliphatic hydroxyl groups excluding tert-OH is 2. The number of nitrogens with zero attached hydrogens (tertiary/aromatic N) is 4. The smallest absolute Gasteiger partial charge is 0.274 e. The summed E-state index contributed by atoms with van der Waals surface area (Å²) in [5, 5.41) is 21.6. The van der Waals surface area contributed by atoms with E-state index in [-0.39, 0.29) is 25.2 Å². The second-order valence-electron chi connectivity index (χ2n) is 9.92. The third-order valence-corrected chi connectivity index (χ3v) is 7.31. The number of carbonyl (C=O) groups excluding carboxylic acids is 1. The Kier molecular flexibility index (Phi) is 7.36. The van der Waals surface area contributed by atoms with Gasteiger partial charge in [0.2, 0.25) is 0 Å². The number of allylic oxidation sites excluding steroid dienone is 1. The van der Waals surface area contributed by atoms with E-state index in [0.717, 1.165) is 33.9 Å². The first-order valence-corrected chi connectivity index (χ1v) is 13.0. The summed E-state index contributed by atoms with van der Waals surface area (Å²) in [6.07, 6.45) is 2.26. The average Bonchev–Trinajstić information content (AvgIpc) is 3.36. The Morgan fingerprint density at radius 2 is 1.95 bits per heavy atom. The molecular formula is C30H33N5O4. The minimum atomic E-state index is -0.966. The van der Waals surface area contributed by atoms with Crippen LogP contribution in [0.15, 0.2) is 66.5 Å². The van der Waals surface area contributed by atoms with E-state index in [1.54, 1.807) is 22.7 Å². The molecule has 0 bridgehead atoms. The van der Waals surface area contributed by atoms with E-state index >= 15 is 0 Å². The second-order valence-corrected chi connectivity index (χ2v) is 9.92. The second kappa shape index (κ2) is 10.9. The molecule has 0 radical (unpaired) electrons. The number of anilines is 2. The minimum Gasteiger partial charge on any atom is -0.491 e. The third kappa shape index (κ3) is 5.23. The molecule has 9 nitrogen and oxygen atoms in total. The van der Waals surface area contributed by atoms with E-state index in [4.69, 9.17) is 14.8 Å². The Balaban J connectivity index is 1.43. The predicted octanol–water partition coefficient (Wildman–Crippen LogP) is 4.22. The van der Waals surface area contributed by atoms with E-state index in [1.165, 1.54) is 11.8 Å². The van der Waals surface area contributed by atoms with Crippen LogP contribution >= 0.6 is 0 Å². The lowest BCUT2D eigenvalue weighted by molar-refractivity contribution is 0.0536. The molecule has 1 aliphatic rings. The summed E-state index contributed by atoms with van der Waals surface area (Å²) in [6.45, 7) is 8.67. The molecule has 3 N–H and O–H groups in total. The van der Waals surface area contributed by atoms with Crippen molar-refractivity contribution in [2.24, 2.45) is 0 Å². The summed E-state index contributed by atoms with van der Waals surface area (Å²) in [6, 6.07) is 15.6. The Morgan fingerprint density at radius 3 is 2.72 bits per heavy atom. The SMILES string of the molecule is CC1=C(C)C(C)N(Cc2cccc(C)n2)c2cccc(NC(=O)c3cnc4cc(OCC(O)CO)ccn34)c21. The molecule has 1 aromatic carbocycles. The van der Waals surface area contributed by atoms with Crippen LogP contribution in [-0.4, -0.2) is 55.8 Å². The fourth-order valence-corrected chi connectivity index (χ4v) is 4.97. The van der Waals surface area contributed by atoms with E-state index < -0.39 is 6.10 Å². The molecular weight excluding hydrogens is 494 g/mol. The summed E-state index contributed by atoms with van der Waals surface area (Å²) < 4.78 is 7.19. The summed E-state index contributed by atoms with van der Waals surface area (Å²) >= 11 is 0. The van der Waals surface area contributed by atoms with Gasteiger partial charge >= 0.3 is 0 Å². The van der Waals surface area contributed by atoms with Gasteiger partial charge in [0.1, 0.15) is 29.8 Å². The molecule has 5 rings (SSSR count). The molecule has 9 heteroatoms. The average molecular weight is 528 g/mol. The fourth-order valence-electron chi connectivity index (χ4n) is 4.97. The zero-order valence-electron chi connectivity index (χ0n) is 22.5. The quantitative estimate of drug-likeness (QED) is 0.314. The van der Waals surface area contributed by atoms with Gasteiger partial charge in [-0.2, -0.15) is 0 Å². The van der Waals surface area contributed by atoms with Crippen LogP contribution in [0, 0.1) is 6.92 Å². The topological polar surface area (TPSA) is 112 Å². The Morgan fingerprint density at radius 1 is 1.15 bits per heavy atom. The number of benzene rings is 1. The molecule has 0 aliphatic carbocycles. The largest absolute Gasteiger partial charge is 0.491 e. The van der Waals surface area contributed by atoms with Crippen molar-refractivity contribution < 1.29 is 19.7 Å². The van der Waals surface area contributed by atoms with Gasteiger partial charge in [-0.15, -0.1) is 0 Å². The standard InChI is InChI=1S/C30H33N5O4/c1-18-7-5-8-22(32-18)15-35-21(4)19(2)20(3)29-25(9-6-10-26(29)35)33-30(38)27-14-31-28-13-24(11-12-34(27)28)39-17-23(37)16-36/h5-14,21,23,36-37H,15-17H2,1-4H3,(H,33,38). The van der Waals surface area contributed by atoms with E-state index in [0.29, 0.717) is 23.6 Å². The van der Waals surface area contributed by atoms with Gasteiger partial charge in [0, 0.05) is 35.2 Å². The van der Waals surface area contributed by atoms with Gasteiger partial charge in [0.15, 0.2) is 0 Å². The number of rotatable bonds is 8. The van der Waals surface area contributed by atoms with E-state index in [2.05, 4.69) is 42.0 Å². The zero-order valence-corrected chi connectivity index (χ0v) is 22.5. The van der Waals surface area contributed by atoms with Crippen molar-refractivity contribution in [1.82, 2.24) is 14.4 Å². The highest BCUT2D eigenvalue weighted by molar-refractivity contribution is 6.06. The maximum atomic E-state index is 13.5. The lowest BCUT2D eigenvalue weighted by Gasteiger charge is -2.39. The van der Waals surface area contributed by atoms with E-state index in [9.17, 15) is 9.90 Å².